The van der Waals surface area contributed by atoms with Crippen LogP contribution in [0.3, 0.4) is 0 Å². The Labute approximate surface area is 135 Å². The number of hydrogen-bond donors (Lipinski definition) is 2. The molecule has 2 aromatic carbocycles. The molecular weight excluding hydrogens is 291 g/mol. The molecule has 2 aromatic rings. The molecule has 4 heteroatoms. The zero-order valence-corrected chi connectivity index (χ0v) is 13.4. The summed E-state index contributed by atoms with van der Waals surface area (Å²) in [6, 6.07) is 11.0. The maximum absolute atomic E-state index is 14.6. The van der Waals surface area contributed by atoms with Gasteiger partial charge in [0.25, 0.3) is 5.91 Å². The average molecular weight is 312 g/mol. The largest absolute Gasteiger partial charge is 0.319 e. The van der Waals surface area contributed by atoms with Gasteiger partial charge in [0.1, 0.15) is 5.82 Å². The molecule has 0 radical (unpaired) electrons. The molecule has 120 valence electrons. The topological polar surface area (TPSA) is 41.1 Å². The Bertz CT molecular complexity index is 723. The van der Waals surface area contributed by atoms with E-state index in [1.165, 1.54) is 5.56 Å². The zero-order chi connectivity index (χ0) is 16.4. The van der Waals surface area contributed by atoms with Gasteiger partial charge in [0.2, 0.25) is 0 Å². The van der Waals surface area contributed by atoms with Crippen LogP contribution in [0.2, 0.25) is 0 Å². The minimum atomic E-state index is -0.309. The number of anilines is 1. The van der Waals surface area contributed by atoms with E-state index in [4.69, 9.17) is 0 Å². The molecular formula is C19H21FN2O. The summed E-state index contributed by atoms with van der Waals surface area (Å²) in [5, 5.41) is 5.91. The number of halogens is 1. The first-order chi connectivity index (χ1) is 11.1. The molecule has 0 spiro atoms. The molecule has 0 aromatic heterocycles. The van der Waals surface area contributed by atoms with Crippen molar-refractivity contribution in [2.75, 3.05) is 11.9 Å². The van der Waals surface area contributed by atoms with Crippen LogP contribution < -0.4 is 10.6 Å². The number of hydrogen-bond acceptors (Lipinski definition) is 2. The Kier molecular flexibility index (Phi) is 4.44. The first-order valence-electron chi connectivity index (χ1n) is 7.98. The van der Waals surface area contributed by atoms with Crippen molar-refractivity contribution < 1.29 is 9.18 Å². The molecule has 23 heavy (non-hydrogen) atoms. The standard InChI is InChI=1S/C19H21FN2O/c1-12(2)13-3-5-14(6-4-13)19(23)22-17-8-7-15-11-21-10-9-16(15)18(17)20/h3-8,12,21H,9-11H2,1-2H3,(H,22,23). The second-order valence-electron chi connectivity index (χ2n) is 6.22. The van der Waals surface area contributed by atoms with Gasteiger partial charge in [-0.05, 0) is 53.8 Å². The summed E-state index contributed by atoms with van der Waals surface area (Å²) in [6.45, 7) is 5.65. The highest BCUT2D eigenvalue weighted by Gasteiger charge is 2.18. The van der Waals surface area contributed by atoms with Gasteiger partial charge in [-0.3, -0.25) is 4.79 Å². The number of carbonyl (C=O) groups excluding carboxylic acids is 1. The number of carbonyl (C=O) groups is 1. The van der Waals surface area contributed by atoms with E-state index in [0.717, 1.165) is 12.1 Å². The van der Waals surface area contributed by atoms with E-state index in [1.54, 1.807) is 18.2 Å². The minimum absolute atomic E-state index is 0.253. The highest BCUT2D eigenvalue weighted by molar-refractivity contribution is 6.04. The van der Waals surface area contributed by atoms with Crippen LogP contribution in [0.5, 0.6) is 0 Å². The van der Waals surface area contributed by atoms with Gasteiger partial charge < -0.3 is 10.6 Å². The van der Waals surface area contributed by atoms with Crippen LogP contribution in [-0.2, 0) is 13.0 Å². The van der Waals surface area contributed by atoms with Gasteiger partial charge in [0.05, 0.1) is 5.69 Å². The van der Waals surface area contributed by atoms with Crippen molar-refractivity contribution in [3.05, 3.63) is 64.5 Å². The zero-order valence-electron chi connectivity index (χ0n) is 13.4. The lowest BCUT2D eigenvalue weighted by atomic mass is 9.99. The Morgan fingerprint density at radius 2 is 1.91 bits per heavy atom. The van der Waals surface area contributed by atoms with Gasteiger partial charge in [-0.2, -0.15) is 0 Å². The van der Waals surface area contributed by atoms with E-state index < -0.39 is 0 Å². The third-order valence-electron chi connectivity index (χ3n) is 4.30. The molecule has 1 heterocycles. The van der Waals surface area contributed by atoms with Gasteiger partial charge in [0.15, 0.2) is 0 Å². The highest BCUT2D eigenvalue weighted by atomic mass is 19.1. The summed E-state index contributed by atoms with van der Waals surface area (Å²) < 4.78 is 14.6. The van der Waals surface area contributed by atoms with Gasteiger partial charge >= 0.3 is 0 Å². The minimum Gasteiger partial charge on any atom is -0.319 e. The van der Waals surface area contributed by atoms with Crippen LogP contribution in [0.4, 0.5) is 10.1 Å². The summed E-state index contributed by atoms with van der Waals surface area (Å²) in [5.41, 5.74) is 3.63. The van der Waals surface area contributed by atoms with Crippen LogP contribution in [0, 0.1) is 5.82 Å². The quantitative estimate of drug-likeness (QED) is 0.904. The Morgan fingerprint density at radius 3 is 2.61 bits per heavy atom. The second kappa shape index (κ2) is 6.50. The molecule has 0 atom stereocenters. The van der Waals surface area contributed by atoms with E-state index in [0.29, 0.717) is 30.0 Å². The lowest BCUT2D eigenvalue weighted by Gasteiger charge is -2.19. The smallest absolute Gasteiger partial charge is 0.255 e. The predicted molar refractivity (Wildman–Crippen MR) is 90.3 cm³/mol. The molecule has 0 bridgehead atoms. The van der Waals surface area contributed by atoms with E-state index in [9.17, 15) is 9.18 Å². The van der Waals surface area contributed by atoms with Crippen LogP contribution in [0.15, 0.2) is 36.4 Å². The number of rotatable bonds is 3. The van der Waals surface area contributed by atoms with Crippen LogP contribution in [0.25, 0.3) is 0 Å². The molecule has 0 unspecified atom stereocenters. The number of benzene rings is 2. The Hall–Kier alpha value is -2.20. The first-order valence-corrected chi connectivity index (χ1v) is 7.98. The first kappa shape index (κ1) is 15.7. The van der Waals surface area contributed by atoms with Crippen molar-refractivity contribution in [2.24, 2.45) is 0 Å². The molecule has 2 N–H and O–H groups in total. The van der Waals surface area contributed by atoms with Gasteiger partial charge in [-0.15, -0.1) is 0 Å². The Balaban J connectivity index is 1.80. The number of nitrogens with one attached hydrogen (secondary N) is 2. The van der Waals surface area contributed by atoms with Crippen molar-refractivity contribution in [3.63, 3.8) is 0 Å². The SMILES string of the molecule is CC(C)c1ccc(C(=O)Nc2ccc3c(c2F)CCNC3)cc1. The predicted octanol–water partition coefficient (Wildman–Crippen LogP) is 3.85. The van der Waals surface area contributed by atoms with Gasteiger partial charge in [0, 0.05) is 12.1 Å². The summed E-state index contributed by atoms with van der Waals surface area (Å²) in [7, 11) is 0. The van der Waals surface area contributed by atoms with E-state index in [-0.39, 0.29) is 17.4 Å². The third kappa shape index (κ3) is 3.27. The second-order valence-corrected chi connectivity index (χ2v) is 6.22. The maximum atomic E-state index is 14.6. The number of amides is 1. The summed E-state index contributed by atoms with van der Waals surface area (Å²) >= 11 is 0. The van der Waals surface area contributed by atoms with Crippen molar-refractivity contribution >= 4 is 11.6 Å². The molecule has 1 aliphatic rings. The highest BCUT2D eigenvalue weighted by Crippen LogP contribution is 2.25. The molecule has 1 aliphatic heterocycles. The fraction of sp³-hybridized carbons (Fsp3) is 0.316. The number of fused-ring (bicyclic) bond motifs is 1. The van der Waals surface area contributed by atoms with E-state index in [1.807, 2.05) is 18.2 Å². The summed E-state index contributed by atoms with van der Waals surface area (Å²) in [6.07, 6.45) is 0.647. The molecule has 1 amide bonds. The van der Waals surface area contributed by atoms with Crippen LogP contribution in [0.1, 0.15) is 46.8 Å². The normalized spacial score (nSPS) is 13.7. The molecule has 0 saturated carbocycles. The lowest BCUT2D eigenvalue weighted by molar-refractivity contribution is 0.102. The van der Waals surface area contributed by atoms with Crippen molar-refractivity contribution in [2.45, 2.75) is 32.7 Å². The third-order valence-corrected chi connectivity index (χ3v) is 4.30. The fourth-order valence-electron chi connectivity index (χ4n) is 2.84. The van der Waals surface area contributed by atoms with Crippen molar-refractivity contribution in [3.8, 4) is 0 Å². The molecule has 0 fully saturated rings. The van der Waals surface area contributed by atoms with Crippen molar-refractivity contribution in [1.82, 2.24) is 5.32 Å². The van der Waals surface area contributed by atoms with Gasteiger partial charge in [-0.1, -0.05) is 32.0 Å². The molecule has 0 saturated heterocycles. The fourth-order valence-corrected chi connectivity index (χ4v) is 2.84. The summed E-state index contributed by atoms with van der Waals surface area (Å²) in [4.78, 5) is 12.3. The van der Waals surface area contributed by atoms with Crippen LogP contribution >= 0.6 is 0 Å². The summed E-state index contributed by atoms with van der Waals surface area (Å²) in [5.74, 6) is -0.178. The average Bonchev–Trinajstić information content (AvgIpc) is 2.57. The molecule has 3 nitrogen and oxygen atoms in total. The van der Waals surface area contributed by atoms with Crippen LogP contribution in [-0.4, -0.2) is 12.5 Å². The Morgan fingerprint density at radius 1 is 1.17 bits per heavy atom. The van der Waals surface area contributed by atoms with E-state index >= 15 is 0 Å². The maximum Gasteiger partial charge on any atom is 0.255 e. The van der Waals surface area contributed by atoms with Gasteiger partial charge in [-0.25, -0.2) is 4.39 Å². The van der Waals surface area contributed by atoms with E-state index in [2.05, 4.69) is 24.5 Å². The monoisotopic (exact) mass is 312 g/mol. The van der Waals surface area contributed by atoms with Crippen molar-refractivity contribution in [1.29, 1.82) is 0 Å². The molecule has 3 rings (SSSR count). The molecule has 0 aliphatic carbocycles. The lowest BCUT2D eigenvalue weighted by Crippen LogP contribution is -2.25.